The van der Waals surface area contributed by atoms with Gasteiger partial charge in [-0.05, 0) is 71.5 Å². The van der Waals surface area contributed by atoms with E-state index in [1.165, 1.54) is 25.7 Å². The normalized spacial score (nSPS) is 38.0. The summed E-state index contributed by atoms with van der Waals surface area (Å²) in [5.41, 5.74) is 1.89. The van der Waals surface area contributed by atoms with Crippen LogP contribution in [0.2, 0.25) is 0 Å². The van der Waals surface area contributed by atoms with E-state index in [0.29, 0.717) is 16.7 Å². The van der Waals surface area contributed by atoms with Crippen molar-refractivity contribution in [1.29, 1.82) is 0 Å². The molecule has 2 aliphatic carbocycles. The second kappa shape index (κ2) is 5.67. The van der Waals surface area contributed by atoms with Crippen molar-refractivity contribution in [3.8, 4) is 5.75 Å². The molecule has 0 spiro atoms. The van der Waals surface area contributed by atoms with Gasteiger partial charge < -0.3 is 10.2 Å². The van der Waals surface area contributed by atoms with Crippen LogP contribution in [0.25, 0.3) is 0 Å². The number of hydrogen-bond donors (Lipinski definition) is 2. The minimum Gasteiger partial charge on any atom is -0.507 e. The van der Waals surface area contributed by atoms with Crippen LogP contribution in [0.4, 0.5) is 0 Å². The first kappa shape index (κ1) is 18.2. The largest absolute Gasteiger partial charge is 0.507 e. The fourth-order valence-electron chi connectivity index (χ4n) is 6.83. The van der Waals surface area contributed by atoms with Gasteiger partial charge in [0.1, 0.15) is 11.3 Å². The van der Waals surface area contributed by atoms with E-state index in [4.69, 9.17) is 0 Å². The average Bonchev–Trinajstić information content (AvgIpc) is 2.52. The molecule has 26 heavy (non-hydrogen) atoms. The van der Waals surface area contributed by atoms with Crippen LogP contribution in [0.1, 0.15) is 75.7 Å². The summed E-state index contributed by atoms with van der Waals surface area (Å²) in [7, 11) is 0. The molecule has 0 amide bonds. The van der Waals surface area contributed by atoms with Gasteiger partial charge in [0.15, 0.2) is 0 Å². The van der Waals surface area contributed by atoms with Crippen molar-refractivity contribution in [2.75, 3.05) is 5.75 Å². The van der Waals surface area contributed by atoms with Gasteiger partial charge in [-0.3, -0.25) is 0 Å². The molecule has 4 atom stereocenters. The molecule has 142 valence electrons. The molecule has 0 aromatic heterocycles. The Kier molecular flexibility index (Phi) is 3.97. The lowest BCUT2D eigenvalue weighted by molar-refractivity contribution is -0.0973. The predicted octanol–water partition coefficient (Wildman–Crippen LogP) is 5.70. The third-order valence-electron chi connectivity index (χ3n) is 8.14. The number of fused-ring (bicyclic) bond motifs is 5. The minimum atomic E-state index is -1.04. The first-order valence-corrected chi connectivity index (χ1v) is 10.8. The summed E-state index contributed by atoms with van der Waals surface area (Å²) >= 11 is 1.81. The van der Waals surface area contributed by atoms with Gasteiger partial charge >= 0.3 is 5.97 Å². The maximum Gasteiger partial charge on any atom is 0.339 e. The van der Waals surface area contributed by atoms with Gasteiger partial charge in [-0.15, -0.1) is 11.8 Å². The van der Waals surface area contributed by atoms with Crippen molar-refractivity contribution in [3.63, 3.8) is 0 Å². The number of aromatic hydroxyl groups is 1. The third kappa shape index (κ3) is 2.37. The number of carboxylic acids is 1. The molecule has 1 aromatic rings. The van der Waals surface area contributed by atoms with Crippen molar-refractivity contribution in [3.05, 3.63) is 23.3 Å². The Balaban J connectivity index is 1.83. The molecule has 2 saturated carbocycles. The van der Waals surface area contributed by atoms with Crippen LogP contribution in [-0.4, -0.2) is 21.9 Å². The molecule has 4 rings (SSSR count). The molecule has 0 saturated heterocycles. The van der Waals surface area contributed by atoms with Gasteiger partial charge in [-0.1, -0.05) is 34.1 Å². The van der Waals surface area contributed by atoms with Crippen LogP contribution in [0.5, 0.6) is 5.75 Å². The monoisotopic (exact) mass is 374 g/mol. The summed E-state index contributed by atoms with van der Waals surface area (Å²) in [4.78, 5) is 12.7. The highest BCUT2D eigenvalue weighted by atomic mass is 32.2. The number of benzene rings is 1. The Morgan fingerprint density at radius 2 is 1.85 bits per heavy atom. The molecule has 4 heteroatoms. The fourth-order valence-corrected chi connectivity index (χ4v) is 8.56. The molecular formula is C22H30O3S. The number of carboxylic acid groups (broad SMARTS) is 1. The first-order chi connectivity index (χ1) is 12.1. The van der Waals surface area contributed by atoms with E-state index in [-0.39, 0.29) is 16.7 Å². The summed E-state index contributed by atoms with van der Waals surface area (Å²) in [6.45, 7) is 9.75. The summed E-state index contributed by atoms with van der Waals surface area (Å²) in [6.07, 6.45) is 6.21. The van der Waals surface area contributed by atoms with Crippen molar-refractivity contribution in [2.24, 2.45) is 22.7 Å². The second-order valence-electron chi connectivity index (χ2n) is 9.89. The third-order valence-corrected chi connectivity index (χ3v) is 9.29. The van der Waals surface area contributed by atoms with E-state index in [9.17, 15) is 15.0 Å². The van der Waals surface area contributed by atoms with Gasteiger partial charge in [0, 0.05) is 10.6 Å². The molecular weight excluding hydrogens is 344 g/mol. The summed E-state index contributed by atoms with van der Waals surface area (Å²) in [6, 6.07) is 3.45. The van der Waals surface area contributed by atoms with E-state index in [1.54, 1.807) is 12.1 Å². The summed E-state index contributed by atoms with van der Waals surface area (Å²) in [5, 5.41) is 19.6. The lowest BCUT2D eigenvalue weighted by atomic mass is 9.43. The standard InChI is InChI=1S/C22H30O3S/c1-20(2)7-5-8-22(4)17(20)6-9-21(3)14-10-13(19(24)25)15(23)11-16(14)26-12-18(21)22/h10-11,17-18,23H,5-9,12H2,1-4H3,(H,24,25)/t17-,18?,21-,22?/m0/s1. The van der Waals surface area contributed by atoms with Crippen molar-refractivity contribution >= 4 is 17.7 Å². The van der Waals surface area contributed by atoms with Gasteiger partial charge in [-0.2, -0.15) is 0 Å². The topological polar surface area (TPSA) is 57.5 Å². The number of hydrogen-bond acceptors (Lipinski definition) is 3. The Morgan fingerprint density at radius 3 is 2.54 bits per heavy atom. The number of thioether (sulfide) groups is 1. The highest BCUT2D eigenvalue weighted by molar-refractivity contribution is 7.99. The van der Waals surface area contributed by atoms with Crippen LogP contribution in [0.3, 0.4) is 0 Å². The smallest absolute Gasteiger partial charge is 0.339 e. The summed E-state index contributed by atoms with van der Waals surface area (Å²) < 4.78 is 0. The Morgan fingerprint density at radius 1 is 1.12 bits per heavy atom. The maximum absolute atomic E-state index is 11.6. The molecule has 2 unspecified atom stereocenters. The minimum absolute atomic E-state index is 0.00282. The van der Waals surface area contributed by atoms with Crippen LogP contribution in [0, 0.1) is 22.7 Å². The zero-order valence-corrected chi connectivity index (χ0v) is 17.1. The van der Waals surface area contributed by atoms with Crippen LogP contribution in [0.15, 0.2) is 17.0 Å². The zero-order chi connectivity index (χ0) is 18.9. The van der Waals surface area contributed by atoms with Crippen LogP contribution in [-0.2, 0) is 5.41 Å². The molecule has 0 bridgehead atoms. The highest BCUT2D eigenvalue weighted by Gasteiger charge is 2.59. The number of phenols is 1. The first-order valence-electron chi connectivity index (χ1n) is 9.83. The zero-order valence-electron chi connectivity index (χ0n) is 16.3. The molecule has 2 N–H and O–H groups in total. The highest BCUT2D eigenvalue weighted by Crippen LogP contribution is 2.67. The van der Waals surface area contributed by atoms with Crippen molar-refractivity contribution in [2.45, 2.75) is 70.1 Å². The fraction of sp³-hybridized carbons (Fsp3) is 0.682. The van der Waals surface area contributed by atoms with Gasteiger partial charge in [0.2, 0.25) is 0 Å². The Bertz CT molecular complexity index is 771. The number of aromatic carboxylic acids is 1. The summed E-state index contributed by atoms with van der Waals surface area (Å²) in [5.74, 6) is 1.21. The molecule has 1 aromatic carbocycles. The number of rotatable bonds is 1. The van der Waals surface area contributed by atoms with Crippen molar-refractivity contribution in [1.82, 2.24) is 0 Å². The van der Waals surface area contributed by atoms with Crippen LogP contribution < -0.4 is 0 Å². The second-order valence-corrected chi connectivity index (χ2v) is 11.0. The van der Waals surface area contributed by atoms with E-state index >= 15 is 0 Å². The SMILES string of the molecule is CC1(C)CCCC2(C)C3CSc4cc(O)c(C(=O)O)cc4[C@]3(C)CC[C@@H]12. The van der Waals surface area contributed by atoms with E-state index in [2.05, 4.69) is 27.7 Å². The molecule has 1 aliphatic heterocycles. The van der Waals surface area contributed by atoms with E-state index in [0.717, 1.165) is 28.6 Å². The molecule has 3 nitrogen and oxygen atoms in total. The lowest BCUT2D eigenvalue weighted by Crippen LogP contribution is -2.58. The molecule has 1 heterocycles. The van der Waals surface area contributed by atoms with E-state index in [1.807, 2.05) is 11.8 Å². The molecule has 3 aliphatic rings. The molecule has 2 fully saturated rings. The van der Waals surface area contributed by atoms with Gasteiger partial charge in [0.25, 0.3) is 0 Å². The van der Waals surface area contributed by atoms with E-state index < -0.39 is 5.97 Å². The quantitative estimate of drug-likeness (QED) is 0.662. The van der Waals surface area contributed by atoms with Crippen LogP contribution >= 0.6 is 11.8 Å². The maximum atomic E-state index is 11.6. The lowest BCUT2D eigenvalue weighted by Gasteiger charge is -2.64. The Hall–Kier alpha value is -1.16. The Labute approximate surface area is 160 Å². The van der Waals surface area contributed by atoms with Gasteiger partial charge in [0.05, 0.1) is 0 Å². The predicted molar refractivity (Wildman–Crippen MR) is 105 cm³/mol. The van der Waals surface area contributed by atoms with Crippen molar-refractivity contribution < 1.29 is 15.0 Å². The number of carbonyl (C=O) groups is 1. The average molecular weight is 375 g/mol. The molecule has 0 radical (unpaired) electrons. The van der Waals surface area contributed by atoms with Gasteiger partial charge in [-0.25, -0.2) is 4.79 Å².